The summed E-state index contributed by atoms with van der Waals surface area (Å²) in [6.07, 6.45) is -0.474. The van der Waals surface area contributed by atoms with E-state index in [0.29, 0.717) is 11.8 Å². The topological polar surface area (TPSA) is 89.5 Å². The van der Waals surface area contributed by atoms with Gasteiger partial charge in [-0.2, -0.15) is 0 Å². The summed E-state index contributed by atoms with van der Waals surface area (Å²) in [6.45, 7) is 4.97. The molecular formula is C21H22FNO5S. The van der Waals surface area contributed by atoms with Crippen molar-refractivity contribution >= 4 is 22.2 Å². The van der Waals surface area contributed by atoms with Gasteiger partial charge < -0.3 is 14.8 Å². The van der Waals surface area contributed by atoms with E-state index in [9.17, 15) is 22.4 Å². The molecule has 0 spiro atoms. The summed E-state index contributed by atoms with van der Waals surface area (Å²) >= 11 is 0. The number of hydrogen-bond donors (Lipinski definition) is 1. The van der Waals surface area contributed by atoms with Gasteiger partial charge in [0.1, 0.15) is 28.5 Å². The maximum Gasteiger partial charge on any atom is 0.408 e. The van der Waals surface area contributed by atoms with Gasteiger partial charge in [-0.25, -0.2) is 17.6 Å². The minimum Gasteiger partial charge on any atom is -0.444 e. The Bertz CT molecular complexity index is 1020. The molecule has 0 saturated heterocycles. The number of alkyl carbamates (subject to hydrolysis) is 1. The van der Waals surface area contributed by atoms with Crippen LogP contribution in [0, 0.1) is 5.82 Å². The Kier molecular flexibility index (Phi) is 5.25. The van der Waals surface area contributed by atoms with E-state index in [-0.39, 0.29) is 4.90 Å². The van der Waals surface area contributed by atoms with Gasteiger partial charge in [-0.3, -0.25) is 0 Å². The van der Waals surface area contributed by atoms with Gasteiger partial charge in [0.2, 0.25) is 0 Å². The molecule has 1 fully saturated rings. The summed E-state index contributed by atoms with van der Waals surface area (Å²) in [7, 11) is -3.98. The van der Waals surface area contributed by atoms with Crippen LogP contribution in [0.15, 0.2) is 59.5 Å². The van der Waals surface area contributed by atoms with E-state index in [4.69, 9.17) is 4.74 Å². The third-order valence-electron chi connectivity index (χ3n) is 4.73. The molecule has 1 saturated carbocycles. The molecule has 3 rings (SSSR count). The standard InChI is InChI=1S/C21H22FNO5S/c1-20(2,3)28-19(25)23-21(13-24)17(14-9-11-15(22)12-10-14)18(21)29(26,27)16-7-5-4-6-8-16/h4-13,17-18H,1-3H3,(H,23,25)/t17-,18-,21-/m0/s1. The zero-order chi connectivity index (χ0) is 21.4. The fourth-order valence-corrected chi connectivity index (χ4v) is 5.75. The highest BCUT2D eigenvalue weighted by Crippen LogP contribution is 2.56. The van der Waals surface area contributed by atoms with Crippen LogP contribution in [0.3, 0.4) is 0 Å². The smallest absolute Gasteiger partial charge is 0.408 e. The molecular weight excluding hydrogens is 397 g/mol. The highest BCUT2D eigenvalue weighted by atomic mass is 32.2. The fraction of sp³-hybridized carbons (Fsp3) is 0.333. The first-order valence-electron chi connectivity index (χ1n) is 9.03. The minimum absolute atomic E-state index is 0.0341. The molecule has 0 aromatic heterocycles. The quantitative estimate of drug-likeness (QED) is 0.752. The fourth-order valence-electron chi connectivity index (χ4n) is 3.49. The minimum atomic E-state index is -3.98. The maximum absolute atomic E-state index is 13.4. The van der Waals surface area contributed by atoms with Crippen molar-refractivity contribution in [3.8, 4) is 0 Å². The van der Waals surface area contributed by atoms with E-state index < -0.39 is 44.1 Å². The van der Waals surface area contributed by atoms with E-state index >= 15 is 0 Å². The molecule has 0 aliphatic heterocycles. The van der Waals surface area contributed by atoms with Crippen LogP contribution in [0.1, 0.15) is 32.3 Å². The van der Waals surface area contributed by atoms with Crippen LogP contribution in [-0.2, 0) is 19.4 Å². The number of ether oxygens (including phenoxy) is 1. The monoisotopic (exact) mass is 419 g/mol. The Balaban J connectivity index is 2.04. The molecule has 0 bridgehead atoms. The summed E-state index contributed by atoms with van der Waals surface area (Å²) in [5, 5.41) is 1.22. The number of rotatable bonds is 5. The lowest BCUT2D eigenvalue weighted by Crippen LogP contribution is -2.45. The number of halogens is 1. The second-order valence-corrected chi connectivity index (χ2v) is 10.1. The molecule has 154 valence electrons. The van der Waals surface area contributed by atoms with Crippen LogP contribution in [0.2, 0.25) is 0 Å². The molecule has 3 atom stereocenters. The average molecular weight is 419 g/mol. The van der Waals surface area contributed by atoms with Gasteiger partial charge >= 0.3 is 6.09 Å². The predicted octanol–water partition coefficient (Wildman–Crippen LogP) is 3.23. The number of nitrogens with one attached hydrogen (secondary N) is 1. The highest BCUT2D eigenvalue weighted by Gasteiger charge is 2.73. The van der Waals surface area contributed by atoms with Crippen LogP contribution < -0.4 is 5.32 Å². The Labute approximate surface area is 169 Å². The largest absolute Gasteiger partial charge is 0.444 e. The first-order chi connectivity index (χ1) is 13.5. The van der Waals surface area contributed by atoms with Crippen molar-refractivity contribution < 1.29 is 27.1 Å². The van der Waals surface area contributed by atoms with Crippen molar-refractivity contribution in [2.75, 3.05) is 0 Å². The van der Waals surface area contributed by atoms with E-state index in [2.05, 4.69) is 5.32 Å². The Morgan fingerprint density at radius 1 is 1.10 bits per heavy atom. The number of carbonyl (C=O) groups is 2. The third kappa shape index (κ3) is 4.03. The number of carbonyl (C=O) groups excluding carboxylic acids is 2. The summed E-state index contributed by atoms with van der Waals surface area (Å²) in [5.74, 6) is -1.37. The number of hydrogen-bond acceptors (Lipinski definition) is 5. The maximum atomic E-state index is 13.4. The average Bonchev–Trinajstić information content (AvgIpc) is 3.31. The molecule has 6 nitrogen and oxygen atoms in total. The number of benzene rings is 2. The molecule has 2 aromatic carbocycles. The number of sulfone groups is 1. The zero-order valence-electron chi connectivity index (χ0n) is 16.3. The van der Waals surface area contributed by atoms with Gasteiger partial charge in [-0.1, -0.05) is 30.3 Å². The normalized spacial score (nSPS) is 23.9. The van der Waals surface area contributed by atoms with E-state index in [1.165, 1.54) is 36.4 Å². The number of aldehydes is 1. The summed E-state index contributed by atoms with van der Waals surface area (Å²) in [6, 6.07) is 12.9. The molecule has 1 amide bonds. The summed E-state index contributed by atoms with van der Waals surface area (Å²) in [5.41, 5.74) is -2.11. The van der Waals surface area contributed by atoms with Gasteiger partial charge in [-0.05, 0) is 50.6 Å². The molecule has 0 heterocycles. The van der Waals surface area contributed by atoms with Crippen molar-refractivity contribution in [2.45, 2.75) is 48.0 Å². The molecule has 1 aliphatic carbocycles. The molecule has 29 heavy (non-hydrogen) atoms. The van der Waals surface area contributed by atoms with Crippen molar-refractivity contribution in [1.29, 1.82) is 0 Å². The summed E-state index contributed by atoms with van der Waals surface area (Å²) < 4.78 is 45.1. The van der Waals surface area contributed by atoms with Gasteiger partial charge in [0.05, 0.1) is 4.90 Å². The van der Waals surface area contributed by atoms with Crippen molar-refractivity contribution in [3.05, 3.63) is 66.0 Å². The van der Waals surface area contributed by atoms with Crippen molar-refractivity contribution in [3.63, 3.8) is 0 Å². The zero-order valence-corrected chi connectivity index (χ0v) is 17.1. The first-order valence-corrected chi connectivity index (χ1v) is 10.6. The molecule has 8 heteroatoms. The lowest BCUT2D eigenvalue weighted by atomic mass is 10.1. The Morgan fingerprint density at radius 2 is 1.69 bits per heavy atom. The van der Waals surface area contributed by atoms with Crippen LogP contribution in [-0.4, -0.2) is 37.2 Å². The Morgan fingerprint density at radius 3 is 2.21 bits per heavy atom. The van der Waals surface area contributed by atoms with Gasteiger partial charge in [-0.15, -0.1) is 0 Å². The molecule has 0 unspecified atom stereocenters. The van der Waals surface area contributed by atoms with Gasteiger partial charge in [0, 0.05) is 5.92 Å². The second-order valence-electron chi connectivity index (χ2n) is 7.99. The Hall–Kier alpha value is -2.74. The van der Waals surface area contributed by atoms with E-state index in [1.807, 2.05) is 0 Å². The van der Waals surface area contributed by atoms with Crippen LogP contribution in [0.4, 0.5) is 9.18 Å². The molecule has 2 aromatic rings. The van der Waals surface area contributed by atoms with Crippen LogP contribution in [0.5, 0.6) is 0 Å². The van der Waals surface area contributed by atoms with E-state index in [1.54, 1.807) is 39.0 Å². The van der Waals surface area contributed by atoms with Crippen LogP contribution in [0.25, 0.3) is 0 Å². The predicted molar refractivity (Wildman–Crippen MR) is 105 cm³/mol. The van der Waals surface area contributed by atoms with Crippen molar-refractivity contribution in [1.82, 2.24) is 5.32 Å². The van der Waals surface area contributed by atoms with Gasteiger partial charge in [0.25, 0.3) is 0 Å². The second kappa shape index (κ2) is 7.26. The van der Waals surface area contributed by atoms with Crippen molar-refractivity contribution in [2.24, 2.45) is 0 Å². The van der Waals surface area contributed by atoms with Gasteiger partial charge in [0.15, 0.2) is 9.84 Å². The third-order valence-corrected chi connectivity index (χ3v) is 6.99. The lowest BCUT2D eigenvalue weighted by Gasteiger charge is -2.22. The molecule has 0 radical (unpaired) electrons. The van der Waals surface area contributed by atoms with Crippen LogP contribution >= 0.6 is 0 Å². The highest BCUT2D eigenvalue weighted by molar-refractivity contribution is 7.92. The van der Waals surface area contributed by atoms with E-state index in [0.717, 1.165) is 0 Å². The molecule has 1 aliphatic rings. The summed E-state index contributed by atoms with van der Waals surface area (Å²) in [4.78, 5) is 24.5. The first kappa shape index (κ1) is 21.0. The SMILES string of the molecule is CC(C)(C)OC(=O)N[C@@]1(C=O)[C@@H](c2ccc(F)cc2)[C@@H]1S(=O)(=O)c1ccccc1. The number of amides is 1. The molecule has 1 N–H and O–H groups in total. The lowest BCUT2D eigenvalue weighted by molar-refractivity contribution is -0.110.